The van der Waals surface area contributed by atoms with Crippen LogP contribution in [-0.2, 0) is 23.1 Å². The second kappa shape index (κ2) is 18.0. The second-order valence-corrected chi connectivity index (χ2v) is 11.3. The predicted octanol–water partition coefficient (Wildman–Crippen LogP) is 7.53. The Morgan fingerprint density at radius 1 is 0.971 bits per heavy atom. The molecule has 1 unspecified atom stereocenters. The molecule has 0 fully saturated rings. The Morgan fingerprint density at radius 2 is 1.69 bits per heavy atom. The maximum atomic E-state index is 12.4. The van der Waals surface area contributed by atoms with E-state index in [2.05, 4.69) is 6.58 Å². The molecule has 2 rings (SSSR count). The fourth-order valence-corrected chi connectivity index (χ4v) is 5.57. The van der Waals surface area contributed by atoms with Crippen LogP contribution in [0.2, 0.25) is 0 Å². The molecule has 0 N–H and O–H groups in total. The van der Waals surface area contributed by atoms with Gasteiger partial charge in [0.1, 0.15) is 12.4 Å². The average Bonchev–Trinajstić information content (AvgIpc) is 2.87. The van der Waals surface area contributed by atoms with E-state index < -0.39 is 8.60 Å². The molecule has 9 heteroatoms. The smallest absolute Gasteiger partial charge is 0.332 e. The molecule has 0 aromatic heterocycles. The number of carbonyl (C=O) groups excluding carboxylic acids is 1. The summed E-state index contributed by atoms with van der Waals surface area (Å²) in [7, 11) is 2.15. The summed E-state index contributed by atoms with van der Waals surface area (Å²) in [5.41, 5.74) is 0.948. The molecule has 0 spiro atoms. The van der Waals surface area contributed by atoms with Crippen LogP contribution in [0.25, 0.3) is 10.8 Å². The van der Waals surface area contributed by atoms with Crippen molar-refractivity contribution in [1.29, 1.82) is 0 Å². The number of hydrogen-bond donors (Lipinski definition) is 0. The van der Waals surface area contributed by atoms with Crippen molar-refractivity contribution >= 4 is 46.9 Å². The molecule has 0 saturated carbocycles. The van der Waals surface area contributed by atoms with Gasteiger partial charge >= 0.3 is 14.6 Å². The molecule has 0 aliphatic rings. The van der Waals surface area contributed by atoms with Gasteiger partial charge in [-0.25, -0.2) is 0 Å². The predicted molar refractivity (Wildman–Crippen MR) is 149 cm³/mol. The van der Waals surface area contributed by atoms with Gasteiger partial charge in [-0.3, -0.25) is 4.79 Å². The standard InChI is InChI=1S/C26H37O6PS2/c1-5-17-34-35-18-16-29-26(27)21(4)22-10-11-24-20-25(13-12-23(24)19-22)28-14-8-9-15-32-33(30-6-2)31-7-3/h5,10-13,19-21H,1,6-9,14-18H2,2-4H3. The van der Waals surface area contributed by atoms with Gasteiger partial charge in [-0.05, 0) is 62.1 Å². The molecule has 2 aromatic carbocycles. The summed E-state index contributed by atoms with van der Waals surface area (Å²) in [6.45, 7) is 12.2. The first-order valence-corrected chi connectivity index (χ1v) is 15.5. The minimum Gasteiger partial charge on any atom is -0.494 e. The summed E-state index contributed by atoms with van der Waals surface area (Å²) < 4.78 is 27.9. The molecule has 194 valence electrons. The molecule has 0 radical (unpaired) electrons. The number of unbranched alkanes of at least 4 members (excludes halogenated alkanes) is 1. The summed E-state index contributed by atoms with van der Waals surface area (Å²) >= 11 is 0. The van der Waals surface area contributed by atoms with Gasteiger partial charge in [-0.2, -0.15) is 0 Å². The van der Waals surface area contributed by atoms with Gasteiger partial charge in [0.15, 0.2) is 0 Å². The molecule has 0 bridgehead atoms. The van der Waals surface area contributed by atoms with E-state index in [9.17, 15) is 4.79 Å². The third kappa shape index (κ3) is 11.5. The van der Waals surface area contributed by atoms with Crippen molar-refractivity contribution in [2.24, 2.45) is 0 Å². The van der Waals surface area contributed by atoms with Crippen molar-refractivity contribution < 1.29 is 27.8 Å². The third-order valence-corrected chi connectivity index (χ3v) is 8.45. The Balaban J connectivity index is 1.76. The lowest BCUT2D eigenvalue weighted by molar-refractivity contribution is -0.144. The van der Waals surface area contributed by atoms with Crippen LogP contribution in [0.3, 0.4) is 0 Å². The van der Waals surface area contributed by atoms with Crippen molar-refractivity contribution in [3.63, 3.8) is 0 Å². The average molecular weight is 541 g/mol. The number of hydrogen-bond acceptors (Lipinski definition) is 8. The SMILES string of the molecule is C=CCSSCCOC(=O)C(C)c1ccc2cc(OCCCCOP(OCC)OCC)ccc2c1. The Morgan fingerprint density at radius 3 is 2.43 bits per heavy atom. The van der Waals surface area contributed by atoms with Crippen LogP contribution in [-0.4, -0.2) is 50.5 Å². The van der Waals surface area contributed by atoms with Crippen molar-refractivity contribution in [3.8, 4) is 5.75 Å². The number of esters is 1. The van der Waals surface area contributed by atoms with Gasteiger partial charge in [0.2, 0.25) is 0 Å². The fraction of sp³-hybridized carbons (Fsp3) is 0.500. The number of carbonyl (C=O) groups is 1. The van der Waals surface area contributed by atoms with E-state index in [0.29, 0.717) is 33.0 Å². The maximum Gasteiger partial charge on any atom is 0.332 e. The lowest BCUT2D eigenvalue weighted by Gasteiger charge is -2.15. The zero-order chi connectivity index (χ0) is 25.3. The molecule has 1 atom stereocenters. The summed E-state index contributed by atoms with van der Waals surface area (Å²) in [4.78, 5) is 12.4. The third-order valence-electron chi connectivity index (χ3n) is 4.84. The molecular formula is C26H37O6PS2. The number of ether oxygens (including phenoxy) is 2. The molecule has 0 aliphatic heterocycles. The Hall–Kier alpha value is -1.28. The Bertz CT molecular complexity index is 891. The highest BCUT2D eigenvalue weighted by Crippen LogP contribution is 2.39. The van der Waals surface area contributed by atoms with Gasteiger partial charge < -0.3 is 23.0 Å². The highest BCUT2D eigenvalue weighted by molar-refractivity contribution is 8.76. The highest BCUT2D eigenvalue weighted by atomic mass is 33.1. The van der Waals surface area contributed by atoms with E-state index in [1.54, 1.807) is 21.6 Å². The first kappa shape index (κ1) is 29.9. The van der Waals surface area contributed by atoms with Gasteiger partial charge in [0.05, 0.1) is 32.3 Å². The molecule has 35 heavy (non-hydrogen) atoms. The van der Waals surface area contributed by atoms with E-state index >= 15 is 0 Å². The zero-order valence-electron chi connectivity index (χ0n) is 20.9. The molecule has 6 nitrogen and oxygen atoms in total. The largest absolute Gasteiger partial charge is 0.494 e. The molecule has 0 aliphatic carbocycles. The van der Waals surface area contributed by atoms with Crippen molar-refractivity contribution in [2.75, 3.05) is 44.5 Å². The molecule has 0 heterocycles. The molecule has 0 saturated heterocycles. The zero-order valence-corrected chi connectivity index (χ0v) is 23.4. The Kier molecular flexibility index (Phi) is 15.4. The Labute approximate surface area is 218 Å². The molecule has 2 aromatic rings. The topological polar surface area (TPSA) is 63.2 Å². The van der Waals surface area contributed by atoms with E-state index in [1.807, 2.05) is 63.2 Å². The molecular weight excluding hydrogens is 503 g/mol. The summed E-state index contributed by atoms with van der Waals surface area (Å²) in [5.74, 6) is 1.98. The van der Waals surface area contributed by atoms with Gasteiger partial charge in [0.25, 0.3) is 0 Å². The van der Waals surface area contributed by atoms with E-state index in [4.69, 9.17) is 23.0 Å². The van der Waals surface area contributed by atoms with E-state index in [0.717, 1.165) is 46.4 Å². The van der Waals surface area contributed by atoms with Crippen LogP contribution in [0.4, 0.5) is 0 Å². The van der Waals surface area contributed by atoms with E-state index in [-0.39, 0.29) is 11.9 Å². The summed E-state index contributed by atoms with van der Waals surface area (Å²) in [6, 6.07) is 12.1. The quantitative estimate of drug-likeness (QED) is 0.0596. The normalized spacial score (nSPS) is 12.1. The van der Waals surface area contributed by atoms with Gasteiger partial charge in [-0.1, -0.05) is 51.9 Å². The van der Waals surface area contributed by atoms with Crippen LogP contribution in [0.5, 0.6) is 5.75 Å². The minimum atomic E-state index is -1.24. The van der Waals surface area contributed by atoms with Crippen LogP contribution in [0, 0.1) is 0 Å². The lowest BCUT2D eigenvalue weighted by Crippen LogP contribution is -2.14. The number of fused-ring (bicyclic) bond motifs is 1. The lowest BCUT2D eigenvalue weighted by atomic mass is 9.98. The highest BCUT2D eigenvalue weighted by Gasteiger charge is 2.17. The maximum absolute atomic E-state index is 12.4. The number of benzene rings is 2. The van der Waals surface area contributed by atoms with Crippen LogP contribution in [0.15, 0.2) is 49.1 Å². The fourth-order valence-electron chi connectivity index (χ4n) is 3.05. The van der Waals surface area contributed by atoms with Crippen molar-refractivity contribution in [1.82, 2.24) is 0 Å². The minimum absolute atomic E-state index is 0.197. The van der Waals surface area contributed by atoms with Crippen LogP contribution >= 0.6 is 30.2 Å². The van der Waals surface area contributed by atoms with Crippen LogP contribution < -0.4 is 4.74 Å². The molecule has 0 amide bonds. The van der Waals surface area contributed by atoms with Crippen molar-refractivity contribution in [2.45, 2.75) is 39.5 Å². The second-order valence-electron chi connectivity index (χ2n) is 7.50. The van der Waals surface area contributed by atoms with Crippen molar-refractivity contribution in [3.05, 3.63) is 54.6 Å². The first-order valence-electron chi connectivity index (χ1n) is 12.0. The van der Waals surface area contributed by atoms with E-state index in [1.165, 1.54) is 0 Å². The van der Waals surface area contributed by atoms with Gasteiger partial charge in [-0.15, -0.1) is 6.58 Å². The summed E-state index contributed by atoms with van der Waals surface area (Å²) in [6.07, 6.45) is 3.61. The monoisotopic (exact) mass is 540 g/mol. The summed E-state index contributed by atoms with van der Waals surface area (Å²) in [5, 5.41) is 2.14. The first-order chi connectivity index (χ1) is 17.1. The number of rotatable bonds is 19. The van der Waals surface area contributed by atoms with Crippen LogP contribution in [0.1, 0.15) is 45.1 Å². The van der Waals surface area contributed by atoms with Gasteiger partial charge in [0, 0.05) is 11.5 Å².